The predicted octanol–water partition coefficient (Wildman–Crippen LogP) is 2.30. The summed E-state index contributed by atoms with van der Waals surface area (Å²) in [7, 11) is 0. The lowest BCUT2D eigenvalue weighted by atomic mass is 10.1. The molecule has 2 aromatic rings. The quantitative estimate of drug-likeness (QED) is 0.809. The molecule has 1 aliphatic rings. The summed E-state index contributed by atoms with van der Waals surface area (Å²) in [6.07, 6.45) is 1.12. The lowest BCUT2D eigenvalue weighted by Crippen LogP contribution is -2.26. The summed E-state index contributed by atoms with van der Waals surface area (Å²) in [5.74, 6) is 1.45. The number of nitrogens with zero attached hydrogens (tertiary/aromatic N) is 2. The minimum Gasteiger partial charge on any atom is -0.363 e. The van der Waals surface area contributed by atoms with Gasteiger partial charge >= 0.3 is 5.69 Å². The van der Waals surface area contributed by atoms with Crippen LogP contribution in [0.1, 0.15) is 25.8 Å². The fraction of sp³-hybridized carbons (Fsp3) is 0.400. The van der Waals surface area contributed by atoms with Crippen molar-refractivity contribution in [1.29, 1.82) is 0 Å². The lowest BCUT2D eigenvalue weighted by Gasteiger charge is -2.14. The molecule has 0 amide bonds. The van der Waals surface area contributed by atoms with Gasteiger partial charge in [-0.05, 0) is 24.5 Å². The van der Waals surface area contributed by atoms with Crippen LogP contribution in [0.4, 0.5) is 0 Å². The number of aromatic amines is 2. The Morgan fingerprint density at radius 2 is 2.09 bits per heavy atom. The zero-order chi connectivity index (χ0) is 15.5. The van der Waals surface area contributed by atoms with Crippen LogP contribution in [0, 0.1) is 5.92 Å². The monoisotopic (exact) mass is 317 g/mol. The minimum atomic E-state index is -0.193. The third kappa shape index (κ3) is 3.41. The van der Waals surface area contributed by atoms with Crippen LogP contribution in [0.25, 0.3) is 11.0 Å². The van der Waals surface area contributed by atoms with Crippen molar-refractivity contribution < 1.29 is 0 Å². The molecule has 0 saturated heterocycles. The van der Waals surface area contributed by atoms with E-state index in [9.17, 15) is 4.79 Å². The standard InChI is InChI=1S/C15H19N5OS/c1-9(2)5-6-16-15-20-19-13(8-22-15)10-3-4-11-12(7-10)18-14(21)17-11/h3-4,7,9H,5-6,8H2,1-2H3,(H,16,20)(H2,17,18,21). The van der Waals surface area contributed by atoms with E-state index in [1.165, 1.54) is 0 Å². The molecule has 22 heavy (non-hydrogen) atoms. The smallest absolute Gasteiger partial charge is 0.323 e. The first-order valence-corrected chi connectivity index (χ1v) is 8.34. The van der Waals surface area contributed by atoms with Crippen LogP contribution < -0.4 is 11.0 Å². The molecule has 1 aliphatic heterocycles. The Kier molecular flexibility index (Phi) is 4.33. The van der Waals surface area contributed by atoms with E-state index < -0.39 is 0 Å². The van der Waals surface area contributed by atoms with Crippen LogP contribution in [0.2, 0.25) is 0 Å². The highest BCUT2D eigenvalue weighted by molar-refractivity contribution is 8.14. The van der Waals surface area contributed by atoms with Gasteiger partial charge in [-0.15, -0.1) is 5.10 Å². The minimum absolute atomic E-state index is 0.193. The summed E-state index contributed by atoms with van der Waals surface area (Å²) in [6.45, 7) is 5.33. The van der Waals surface area contributed by atoms with Gasteiger partial charge in [0.05, 0.1) is 16.7 Å². The molecule has 0 atom stereocenters. The summed E-state index contributed by atoms with van der Waals surface area (Å²) >= 11 is 1.66. The van der Waals surface area contributed by atoms with Crippen molar-refractivity contribution in [3.05, 3.63) is 34.2 Å². The van der Waals surface area contributed by atoms with Gasteiger partial charge in [0.1, 0.15) is 0 Å². The number of aromatic nitrogens is 2. The molecule has 2 heterocycles. The average molecular weight is 317 g/mol. The number of H-pyrrole nitrogens is 2. The number of rotatable bonds is 4. The van der Waals surface area contributed by atoms with E-state index in [2.05, 4.69) is 39.3 Å². The van der Waals surface area contributed by atoms with E-state index in [1.807, 2.05) is 18.2 Å². The number of fused-ring (bicyclic) bond motifs is 1. The van der Waals surface area contributed by atoms with E-state index in [0.717, 1.165) is 46.2 Å². The summed E-state index contributed by atoms with van der Waals surface area (Å²) in [6, 6.07) is 5.77. The Hall–Kier alpha value is -2.02. The first-order chi connectivity index (χ1) is 10.6. The van der Waals surface area contributed by atoms with Crippen LogP contribution in [0.3, 0.4) is 0 Å². The van der Waals surface area contributed by atoms with Crippen molar-refractivity contribution in [2.24, 2.45) is 16.1 Å². The van der Waals surface area contributed by atoms with Crippen molar-refractivity contribution in [3.8, 4) is 0 Å². The van der Waals surface area contributed by atoms with E-state index in [0.29, 0.717) is 5.92 Å². The molecule has 116 valence electrons. The molecule has 0 unspecified atom stereocenters. The highest BCUT2D eigenvalue weighted by atomic mass is 32.2. The predicted molar refractivity (Wildman–Crippen MR) is 92.8 cm³/mol. The Labute approximate surface area is 132 Å². The van der Waals surface area contributed by atoms with E-state index in [1.54, 1.807) is 11.8 Å². The molecule has 0 radical (unpaired) electrons. The Morgan fingerprint density at radius 1 is 1.27 bits per heavy atom. The number of amidine groups is 1. The molecule has 1 aromatic carbocycles. The summed E-state index contributed by atoms with van der Waals surface area (Å²) in [5.41, 5.74) is 3.31. The summed E-state index contributed by atoms with van der Waals surface area (Å²) in [5, 5.41) is 12.7. The van der Waals surface area contributed by atoms with Gasteiger partial charge in [0, 0.05) is 17.9 Å². The SMILES string of the molecule is CC(C)CCNC1=NN=C(c2ccc3[nH]c(=O)[nH]c3c2)CS1. The topological polar surface area (TPSA) is 85.4 Å². The number of hydrogen-bond donors (Lipinski definition) is 3. The van der Waals surface area contributed by atoms with Gasteiger partial charge in [0.25, 0.3) is 0 Å². The van der Waals surface area contributed by atoms with Crippen LogP contribution in [0.15, 0.2) is 33.2 Å². The second-order valence-corrected chi connectivity index (χ2v) is 6.65. The van der Waals surface area contributed by atoms with Crippen LogP contribution in [-0.2, 0) is 0 Å². The number of nitrogens with one attached hydrogen (secondary N) is 3. The molecule has 0 aliphatic carbocycles. The zero-order valence-electron chi connectivity index (χ0n) is 12.6. The normalized spacial score (nSPS) is 15.0. The summed E-state index contributed by atoms with van der Waals surface area (Å²) in [4.78, 5) is 16.8. The Balaban J connectivity index is 1.73. The fourth-order valence-corrected chi connectivity index (χ4v) is 3.01. The van der Waals surface area contributed by atoms with Crippen molar-refractivity contribution in [3.63, 3.8) is 0 Å². The first-order valence-electron chi connectivity index (χ1n) is 7.35. The van der Waals surface area contributed by atoms with Gasteiger partial charge in [0.2, 0.25) is 0 Å². The average Bonchev–Trinajstić information content (AvgIpc) is 2.86. The lowest BCUT2D eigenvalue weighted by molar-refractivity contribution is 0.579. The number of imidazole rings is 1. The van der Waals surface area contributed by atoms with Crippen molar-refractivity contribution in [2.45, 2.75) is 20.3 Å². The van der Waals surface area contributed by atoms with Gasteiger partial charge in [0.15, 0.2) is 5.17 Å². The van der Waals surface area contributed by atoms with Crippen molar-refractivity contribution >= 4 is 33.7 Å². The van der Waals surface area contributed by atoms with E-state index >= 15 is 0 Å². The maximum Gasteiger partial charge on any atom is 0.323 e. The zero-order valence-corrected chi connectivity index (χ0v) is 13.5. The molecule has 3 rings (SSSR count). The molecule has 0 fully saturated rings. The largest absolute Gasteiger partial charge is 0.363 e. The van der Waals surface area contributed by atoms with Gasteiger partial charge in [-0.25, -0.2) is 4.79 Å². The van der Waals surface area contributed by atoms with Crippen molar-refractivity contribution in [1.82, 2.24) is 15.3 Å². The molecule has 3 N–H and O–H groups in total. The van der Waals surface area contributed by atoms with Gasteiger partial charge in [-0.2, -0.15) is 5.10 Å². The molecule has 0 spiro atoms. The maximum atomic E-state index is 11.3. The molecule has 0 saturated carbocycles. The molecule has 1 aromatic heterocycles. The Morgan fingerprint density at radius 3 is 2.82 bits per heavy atom. The van der Waals surface area contributed by atoms with Gasteiger partial charge in [-0.1, -0.05) is 31.7 Å². The molecule has 0 bridgehead atoms. The molecular formula is C15H19N5OS. The fourth-order valence-electron chi connectivity index (χ4n) is 2.21. The maximum absolute atomic E-state index is 11.3. The highest BCUT2D eigenvalue weighted by Gasteiger charge is 2.13. The molecule has 7 heteroatoms. The highest BCUT2D eigenvalue weighted by Crippen LogP contribution is 2.17. The van der Waals surface area contributed by atoms with E-state index in [-0.39, 0.29) is 5.69 Å². The number of benzene rings is 1. The second-order valence-electron chi connectivity index (χ2n) is 5.69. The van der Waals surface area contributed by atoms with Crippen molar-refractivity contribution in [2.75, 3.05) is 12.3 Å². The van der Waals surface area contributed by atoms with E-state index in [4.69, 9.17) is 0 Å². The second kappa shape index (κ2) is 6.39. The third-order valence-electron chi connectivity index (χ3n) is 3.45. The van der Waals surface area contributed by atoms with Crippen LogP contribution in [-0.4, -0.2) is 33.1 Å². The number of hydrogen-bond acceptors (Lipinski definition) is 5. The van der Waals surface area contributed by atoms with Gasteiger partial charge < -0.3 is 15.3 Å². The Bertz CT molecular complexity index is 787. The van der Waals surface area contributed by atoms with Gasteiger partial charge in [-0.3, -0.25) is 0 Å². The first kappa shape index (κ1) is 14.9. The van der Waals surface area contributed by atoms with Crippen LogP contribution in [0.5, 0.6) is 0 Å². The molecule has 6 nitrogen and oxygen atoms in total. The molecular weight excluding hydrogens is 298 g/mol. The summed E-state index contributed by atoms with van der Waals surface area (Å²) < 4.78 is 0. The van der Waals surface area contributed by atoms with Crippen LogP contribution >= 0.6 is 11.8 Å². The third-order valence-corrected chi connectivity index (χ3v) is 4.37. The number of thioether (sulfide) groups is 1.